The van der Waals surface area contributed by atoms with Gasteiger partial charge in [-0.15, -0.1) is 0 Å². The summed E-state index contributed by atoms with van der Waals surface area (Å²) in [6.45, 7) is 16.3. The molecule has 0 aromatic heterocycles. The van der Waals surface area contributed by atoms with Gasteiger partial charge >= 0.3 is 12.0 Å². The molecule has 4 saturated carbocycles. The minimum atomic E-state index is -1.43. The Morgan fingerprint density at radius 3 is 2.31 bits per heavy atom. The third kappa shape index (κ3) is 5.14. The van der Waals surface area contributed by atoms with Gasteiger partial charge in [0.2, 0.25) is 0 Å². The topological polar surface area (TPSA) is 150 Å². The zero-order valence-corrected chi connectivity index (χ0v) is 28.6. The first-order valence-electron chi connectivity index (χ1n) is 17.3. The summed E-state index contributed by atoms with van der Waals surface area (Å²) in [4.78, 5) is 51.6. The summed E-state index contributed by atoms with van der Waals surface area (Å²) >= 11 is 0. The lowest BCUT2D eigenvalue weighted by Crippen LogP contribution is -2.65. The van der Waals surface area contributed by atoms with Crippen LogP contribution in [0.1, 0.15) is 126 Å². The highest BCUT2D eigenvalue weighted by molar-refractivity contribution is 5.96. The maximum absolute atomic E-state index is 14.5. The van der Waals surface area contributed by atoms with E-state index in [4.69, 9.17) is 5.73 Å². The number of aliphatic carboxylic acids is 1. The average Bonchev–Trinajstić information content (AvgIpc) is 2.93. The number of allylic oxidation sites excluding steroid dienone is 2. The maximum Gasteiger partial charge on any atom is 0.329 e. The molecule has 5 rings (SSSR count). The second-order valence-electron chi connectivity index (χ2n) is 17.5. The van der Waals surface area contributed by atoms with E-state index < -0.39 is 29.4 Å². The molecule has 9 atom stereocenters. The van der Waals surface area contributed by atoms with Crippen LogP contribution in [0.2, 0.25) is 0 Å². The van der Waals surface area contributed by atoms with E-state index in [0.717, 1.165) is 44.9 Å². The van der Waals surface area contributed by atoms with Crippen LogP contribution in [0.25, 0.3) is 0 Å². The SMILES string of the molecule is CC1(C(=O)N(O)[C@@H](CCCNC(N)=O)C(=O)O)CC[C@]2(C)CC[C@]3(C)C(=CC(=O)C4[C@@]5(C)CCCC(C)(C)C5CC[C@]43C)[C@@H]2C1. The van der Waals surface area contributed by atoms with E-state index in [1.54, 1.807) is 0 Å². The van der Waals surface area contributed by atoms with Crippen molar-refractivity contribution in [2.75, 3.05) is 6.54 Å². The fraction of sp³-hybridized carbons (Fsp3) is 0.833. The van der Waals surface area contributed by atoms with Gasteiger partial charge < -0.3 is 16.2 Å². The summed E-state index contributed by atoms with van der Waals surface area (Å²) in [6, 6.07) is -2.14. The van der Waals surface area contributed by atoms with Crippen LogP contribution in [0.15, 0.2) is 11.6 Å². The number of hydrogen-bond donors (Lipinski definition) is 4. The Morgan fingerprint density at radius 2 is 1.67 bits per heavy atom. The second-order valence-corrected chi connectivity index (χ2v) is 17.5. The number of amides is 3. The van der Waals surface area contributed by atoms with Crippen molar-refractivity contribution in [3.05, 3.63) is 11.6 Å². The summed E-state index contributed by atoms with van der Waals surface area (Å²) in [5.41, 5.74) is 5.07. The number of ketones is 1. The first-order valence-corrected chi connectivity index (χ1v) is 17.3. The number of urea groups is 1. The smallest absolute Gasteiger partial charge is 0.329 e. The average molecular weight is 628 g/mol. The van der Waals surface area contributed by atoms with Gasteiger partial charge in [-0.05, 0) is 116 Å². The number of nitrogens with two attached hydrogens (primary N) is 1. The van der Waals surface area contributed by atoms with E-state index in [-0.39, 0.29) is 64.1 Å². The van der Waals surface area contributed by atoms with Gasteiger partial charge in [0.15, 0.2) is 11.8 Å². The van der Waals surface area contributed by atoms with Gasteiger partial charge in [-0.3, -0.25) is 14.8 Å². The highest BCUT2D eigenvalue weighted by Gasteiger charge is 2.69. The van der Waals surface area contributed by atoms with Crippen LogP contribution in [-0.2, 0) is 14.4 Å². The van der Waals surface area contributed by atoms with E-state index in [1.807, 2.05) is 13.0 Å². The van der Waals surface area contributed by atoms with Crippen molar-refractivity contribution >= 4 is 23.7 Å². The van der Waals surface area contributed by atoms with E-state index >= 15 is 0 Å². The fourth-order valence-electron chi connectivity index (χ4n) is 11.7. The molecule has 0 radical (unpaired) electrons. The van der Waals surface area contributed by atoms with Crippen molar-refractivity contribution < 1.29 is 29.5 Å². The predicted octanol–water partition coefficient (Wildman–Crippen LogP) is 6.48. The van der Waals surface area contributed by atoms with E-state index in [2.05, 4.69) is 46.9 Å². The summed E-state index contributed by atoms with van der Waals surface area (Å²) in [6.07, 6.45) is 11.7. The zero-order chi connectivity index (χ0) is 33.4. The van der Waals surface area contributed by atoms with Crippen LogP contribution in [-0.4, -0.2) is 51.7 Å². The van der Waals surface area contributed by atoms with Crippen LogP contribution in [0.5, 0.6) is 0 Å². The molecule has 0 aromatic carbocycles. The second kappa shape index (κ2) is 11.1. The minimum absolute atomic E-state index is 0.00885. The summed E-state index contributed by atoms with van der Waals surface area (Å²) < 4.78 is 0. The molecule has 3 amide bonds. The molecule has 9 nitrogen and oxygen atoms in total. The van der Waals surface area contributed by atoms with E-state index in [0.29, 0.717) is 23.8 Å². The molecule has 45 heavy (non-hydrogen) atoms. The number of hydroxylamine groups is 2. The van der Waals surface area contributed by atoms with Crippen LogP contribution < -0.4 is 11.1 Å². The van der Waals surface area contributed by atoms with Gasteiger partial charge in [0.05, 0.1) is 0 Å². The number of nitrogens with one attached hydrogen (secondary N) is 1. The molecule has 9 heteroatoms. The summed E-state index contributed by atoms with van der Waals surface area (Å²) in [7, 11) is 0. The molecule has 0 bridgehead atoms. The molecule has 5 aliphatic rings. The number of hydrogen-bond acceptors (Lipinski definition) is 5. The Hall–Kier alpha value is -2.42. The first-order chi connectivity index (χ1) is 20.8. The van der Waals surface area contributed by atoms with Crippen LogP contribution in [0, 0.1) is 50.2 Å². The molecule has 0 heterocycles. The number of nitrogens with zero attached hydrogens (tertiary/aromatic N) is 1. The lowest BCUT2D eigenvalue weighted by molar-refractivity contribution is -0.201. The maximum atomic E-state index is 14.5. The number of carbonyl (C=O) groups is 4. The highest BCUT2D eigenvalue weighted by atomic mass is 16.5. The number of carboxylic acids is 1. The standard InChI is InChI=1S/C36H57N3O6/c1-31(2)12-9-13-34(5)26(31)11-14-36(7)27(34)25(40)20-22-23-21-33(4,16-15-32(23,3)17-18-35(22,36)6)29(43)39(45)24(28(41)42)10-8-19-38-30(37)44/h20,23-24,26-27,45H,8-19,21H2,1-7H3,(H,41,42)(H3,37,38,44)/t23-,24-,26?,27?,32+,33?,34-,35+,36+/m0/s1. The fourth-order valence-corrected chi connectivity index (χ4v) is 11.7. The number of carboxylic acid groups (broad SMARTS) is 1. The lowest BCUT2D eigenvalue weighted by Gasteiger charge is -2.70. The third-order valence-electron chi connectivity index (χ3n) is 14.6. The van der Waals surface area contributed by atoms with Crippen molar-refractivity contribution in [2.24, 2.45) is 56.0 Å². The van der Waals surface area contributed by atoms with Gasteiger partial charge in [-0.25, -0.2) is 14.7 Å². The van der Waals surface area contributed by atoms with Crippen molar-refractivity contribution in [3.63, 3.8) is 0 Å². The summed E-state index contributed by atoms with van der Waals surface area (Å²) in [5.74, 6) is -1.13. The van der Waals surface area contributed by atoms with Gasteiger partial charge in [0, 0.05) is 17.9 Å². The Kier molecular flexibility index (Phi) is 8.36. The molecule has 0 saturated heterocycles. The normalized spacial score (nSPS) is 42.5. The summed E-state index contributed by atoms with van der Waals surface area (Å²) in [5, 5.41) is 23.8. The molecule has 0 aromatic rings. The number of fused-ring (bicyclic) bond motifs is 7. The zero-order valence-electron chi connectivity index (χ0n) is 28.6. The van der Waals surface area contributed by atoms with Crippen LogP contribution in [0.4, 0.5) is 4.79 Å². The van der Waals surface area contributed by atoms with Crippen molar-refractivity contribution in [2.45, 2.75) is 132 Å². The molecular formula is C36H57N3O6. The first kappa shape index (κ1) is 33.9. The molecule has 252 valence electrons. The van der Waals surface area contributed by atoms with Crippen LogP contribution in [0.3, 0.4) is 0 Å². The Morgan fingerprint density at radius 1 is 1.00 bits per heavy atom. The van der Waals surface area contributed by atoms with Gasteiger partial charge in [0.1, 0.15) is 0 Å². The third-order valence-corrected chi connectivity index (χ3v) is 14.6. The quantitative estimate of drug-likeness (QED) is 0.144. The molecule has 5 N–H and O–H groups in total. The minimum Gasteiger partial charge on any atom is -0.480 e. The Bertz CT molecular complexity index is 1300. The Labute approximate surface area is 269 Å². The number of primary amides is 1. The van der Waals surface area contributed by atoms with Crippen LogP contribution >= 0.6 is 0 Å². The monoisotopic (exact) mass is 627 g/mol. The van der Waals surface area contributed by atoms with Crippen molar-refractivity contribution in [1.29, 1.82) is 0 Å². The largest absolute Gasteiger partial charge is 0.480 e. The molecule has 0 aliphatic heterocycles. The molecule has 4 fully saturated rings. The van der Waals surface area contributed by atoms with Crippen molar-refractivity contribution in [1.82, 2.24) is 10.4 Å². The highest BCUT2D eigenvalue weighted by Crippen LogP contribution is 2.75. The van der Waals surface area contributed by atoms with Gasteiger partial charge in [0.25, 0.3) is 5.91 Å². The number of rotatable bonds is 7. The van der Waals surface area contributed by atoms with E-state index in [9.17, 15) is 29.5 Å². The molecule has 0 spiro atoms. The van der Waals surface area contributed by atoms with E-state index in [1.165, 1.54) is 12.0 Å². The molecule has 5 aliphatic carbocycles. The lowest BCUT2D eigenvalue weighted by atomic mass is 9.33. The van der Waals surface area contributed by atoms with Gasteiger partial charge in [-0.1, -0.05) is 60.5 Å². The predicted molar refractivity (Wildman–Crippen MR) is 171 cm³/mol. The number of carbonyl (C=O) groups excluding carboxylic acids is 3. The van der Waals surface area contributed by atoms with Gasteiger partial charge in [-0.2, -0.15) is 0 Å². The van der Waals surface area contributed by atoms with Crippen molar-refractivity contribution in [3.8, 4) is 0 Å². The molecule has 3 unspecified atom stereocenters. The Balaban J connectivity index is 1.45. The molecular weight excluding hydrogens is 570 g/mol.